The highest BCUT2D eigenvalue weighted by Crippen LogP contribution is 2.29. The van der Waals surface area contributed by atoms with E-state index in [0.29, 0.717) is 31.3 Å². The minimum absolute atomic E-state index is 0.0370. The SMILES string of the molecule is CCOc1ccc(CCNC(=O)CSc2nnc(-c3ccc(C(C)(C)C)cc3)n2C)cc1OCC. The molecular weight excluding hydrogens is 460 g/mol. The molecule has 0 atom stereocenters. The van der Waals surface area contributed by atoms with Crippen LogP contribution in [0.3, 0.4) is 0 Å². The van der Waals surface area contributed by atoms with E-state index in [4.69, 9.17) is 9.47 Å². The van der Waals surface area contributed by atoms with E-state index < -0.39 is 0 Å². The van der Waals surface area contributed by atoms with Gasteiger partial charge in [-0.25, -0.2) is 0 Å². The lowest BCUT2D eigenvalue weighted by Crippen LogP contribution is -2.27. The van der Waals surface area contributed by atoms with Crippen LogP contribution in [0.5, 0.6) is 11.5 Å². The van der Waals surface area contributed by atoms with E-state index in [9.17, 15) is 4.79 Å². The Morgan fingerprint density at radius 3 is 2.34 bits per heavy atom. The van der Waals surface area contributed by atoms with Gasteiger partial charge in [0.2, 0.25) is 5.91 Å². The zero-order chi connectivity index (χ0) is 25.4. The number of amides is 1. The molecule has 8 heteroatoms. The van der Waals surface area contributed by atoms with Crippen LogP contribution >= 0.6 is 11.8 Å². The number of nitrogens with one attached hydrogen (secondary N) is 1. The fourth-order valence-corrected chi connectivity index (χ4v) is 4.33. The van der Waals surface area contributed by atoms with Gasteiger partial charge in [0.1, 0.15) is 0 Å². The maximum Gasteiger partial charge on any atom is 0.230 e. The Labute approximate surface area is 212 Å². The van der Waals surface area contributed by atoms with E-state index >= 15 is 0 Å². The van der Waals surface area contributed by atoms with Crippen molar-refractivity contribution in [3.05, 3.63) is 53.6 Å². The van der Waals surface area contributed by atoms with E-state index in [1.807, 2.05) is 43.7 Å². The summed E-state index contributed by atoms with van der Waals surface area (Å²) >= 11 is 1.38. The average molecular weight is 497 g/mol. The third-order valence-electron chi connectivity index (χ3n) is 5.52. The average Bonchev–Trinajstić information content (AvgIpc) is 3.19. The fourth-order valence-electron chi connectivity index (χ4n) is 3.59. The molecule has 0 spiro atoms. The zero-order valence-corrected chi connectivity index (χ0v) is 22.4. The first kappa shape index (κ1) is 26.6. The van der Waals surface area contributed by atoms with Gasteiger partial charge in [0.15, 0.2) is 22.5 Å². The number of thioether (sulfide) groups is 1. The van der Waals surface area contributed by atoms with Gasteiger partial charge in [0.05, 0.1) is 19.0 Å². The summed E-state index contributed by atoms with van der Waals surface area (Å²) in [5.74, 6) is 2.51. The van der Waals surface area contributed by atoms with Crippen molar-refractivity contribution >= 4 is 17.7 Å². The second kappa shape index (κ2) is 12.1. The van der Waals surface area contributed by atoms with Crippen LogP contribution in [-0.4, -0.2) is 46.2 Å². The summed E-state index contributed by atoms with van der Waals surface area (Å²) in [6, 6.07) is 14.3. The molecule has 1 heterocycles. The van der Waals surface area contributed by atoms with Crippen molar-refractivity contribution in [2.24, 2.45) is 7.05 Å². The van der Waals surface area contributed by atoms with E-state index in [1.54, 1.807) is 0 Å². The van der Waals surface area contributed by atoms with Crippen LogP contribution in [0, 0.1) is 0 Å². The number of carbonyl (C=O) groups excluding carboxylic acids is 1. The van der Waals surface area contributed by atoms with Gasteiger partial charge in [0.25, 0.3) is 0 Å². The molecule has 2 aromatic carbocycles. The molecule has 3 aromatic rings. The van der Waals surface area contributed by atoms with Crippen molar-refractivity contribution in [3.8, 4) is 22.9 Å². The summed E-state index contributed by atoms with van der Waals surface area (Å²) in [6.45, 7) is 12.2. The predicted octanol–water partition coefficient (Wildman–Crippen LogP) is 5.03. The van der Waals surface area contributed by atoms with E-state index in [2.05, 4.69) is 60.6 Å². The Hall–Kier alpha value is -3.00. The Balaban J connectivity index is 1.51. The van der Waals surface area contributed by atoms with Crippen molar-refractivity contribution in [1.82, 2.24) is 20.1 Å². The number of benzene rings is 2. The molecule has 35 heavy (non-hydrogen) atoms. The predicted molar refractivity (Wildman–Crippen MR) is 141 cm³/mol. The molecule has 188 valence electrons. The van der Waals surface area contributed by atoms with Crippen LogP contribution in [0.25, 0.3) is 11.4 Å². The molecule has 0 aliphatic rings. The van der Waals surface area contributed by atoms with Crippen LogP contribution in [0.4, 0.5) is 0 Å². The topological polar surface area (TPSA) is 78.3 Å². The standard InChI is InChI=1S/C27H36N4O3S/c1-7-33-22-14-9-19(17-23(22)34-8-2)15-16-28-24(32)18-35-26-30-29-25(31(26)6)20-10-12-21(13-11-20)27(3,4)5/h9-14,17H,7-8,15-16,18H2,1-6H3,(H,28,32). The Morgan fingerprint density at radius 1 is 1.00 bits per heavy atom. The monoisotopic (exact) mass is 496 g/mol. The number of hydrogen-bond donors (Lipinski definition) is 1. The summed E-state index contributed by atoms with van der Waals surface area (Å²) in [5.41, 5.74) is 3.46. The van der Waals surface area contributed by atoms with Gasteiger partial charge in [-0.2, -0.15) is 0 Å². The van der Waals surface area contributed by atoms with Crippen LogP contribution < -0.4 is 14.8 Å². The first-order valence-electron chi connectivity index (χ1n) is 12.0. The Morgan fingerprint density at radius 2 is 1.69 bits per heavy atom. The van der Waals surface area contributed by atoms with Gasteiger partial charge in [-0.3, -0.25) is 4.79 Å². The quantitative estimate of drug-likeness (QED) is 0.375. The summed E-state index contributed by atoms with van der Waals surface area (Å²) in [6.07, 6.45) is 0.710. The zero-order valence-electron chi connectivity index (χ0n) is 21.6. The van der Waals surface area contributed by atoms with Crippen LogP contribution in [-0.2, 0) is 23.7 Å². The highest BCUT2D eigenvalue weighted by Gasteiger charge is 2.16. The van der Waals surface area contributed by atoms with Gasteiger partial charge in [-0.15, -0.1) is 10.2 Å². The Bertz CT molecular complexity index is 1120. The second-order valence-electron chi connectivity index (χ2n) is 9.23. The molecule has 0 unspecified atom stereocenters. The molecule has 0 saturated heterocycles. The molecule has 1 aromatic heterocycles. The van der Waals surface area contributed by atoms with Gasteiger partial charge in [-0.1, -0.05) is 62.9 Å². The Kier molecular flexibility index (Phi) is 9.20. The van der Waals surface area contributed by atoms with Crippen LogP contribution in [0.15, 0.2) is 47.6 Å². The lowest BCUT2D eigenvalue weighted by atomic mass is 9.87. The van der Waals surface area contributed by atoms with E-state index in [-0.39, 0.29) is 17.1 Å². The maximum atomic E-state index is 12.4. The van der Waals surface area contributed by atoms with Crippen molar-refractivity contribution in [1.29, 1.82) is 0 Å². The van der Waals surface area contributed by atoms with Crippen molar-refractivity contribution < 1.29 is 14.3 Å². The molecule has 1 N–H and O–H groups in total. The summed E-state index contributed by atoms with van der Waals surface area (Å²) in [4.78, 5) is 12.4. The smallest absolute Gasteiger partial charge is 0.230 e. The molecule has 0 radical (unpaired) electrons. The molecule has 0 saturated carbocycles. The van der Waals surface area contributed by atoms with Gasteiger partial charge in [0, 0.05) is 19.2 Å². The molecule has 0 aliphatic carbocycles. The lowest BCUT2D eigenvalue weighted by Gasteiger charge is -2.19. The third-order valence-corrected chi connectivity index (χ3v) is 6.54. The maximum absolute atomic E-state index is 12.4. The fraction of sp³-hybridized carbons (Fsp3) is 0.444. The number of nitrogens with zero attached hydrogens (tertiary/aromatic N) is 3. The molecule has 1 amide bonds. The van der Waals surface area contributed by atoms with Crippen LogP contribution in [0.1, 0.15) is 45.7 Å². The molecule has 0 aliphatic heterocycles. The van der Waals surface area contributed by atoms with Gasteiger partial charge in [-0.05, 0) is 48.9 Å². The molecule has 7 nitrogen and oxygen atoms in total. The molecule has 3 rings (SSSR count). The van der Waals surface area contributed by atoms with Crippen molar-refractivity contribution in [3.63, 3.8) is 0 Å². The normalized spacial score (nSPS) is 11.4. The number of hydrogen-bond acceptors (Lipinski definition) is 6. The first-order valence-corrected chi connectivity index (χ1v) is 13.0. The highest BCUT2D eigenvalue weighted by molar-refractivity contribution is 7.99. The second-order valence-corrected chi connectivity index (χ2v) is 10.2. The highest BCUT2D eigenvalue weighted by atomic mass is 32.2. The number of rotatable bonds is 11. The summed E-state index contributed by atoms with van der Waals surface area (Å²) in [7, 11) is 1.93. The first-order chi connectivity index (χ1) is 16.7. The van der Waals surface area contributed by atoms with Gasteiger partial charge >= 0.3 is 0 Å². The third kappa shape index (κ3) is 7.24. The van der Waals surface area contributed by atoms with Crippen molar-refractivity contribution in [2.45, 2.75) is 51.6 Å². The molecule has 0 fully saturated rings. The van der Waals surface area contributed by atoms with Crippen molar-refractivity contribution in [2.75, 3.05) is 25.5 Å². The van der Waals surface area contributed by atoms with E-state index in [1.165, 1.54) is 17.3 Å². The summed E-state index contributed by atoms with van der Waals surface area (Å²) < 4.78 is 13.2. The number of ether oxygens (including phenoxy) is 2. The lowest BCUT2D eigenvalue weighted by molar-refractivity contribution is -0.118. The number of carbonyl (C=O) groups is 1. The molecule has 0 bridgehead atoms. The largest absolute Gasteiger partial charge is 0.490 e. The van der Waals surface area contributed by atoms with E-state index in [0.717, 1.165) is 28.5 Å². The van der Waals surface area contributed by atoms with Gasteiger partial charge < -0.3 is 19.4 Å². The number of aromatic nitrogens is 3. The minimum atomic E-state index is -0.0370. The summed E-state index contributed by atoms with van der Waals surface area (Å²) in [5, 5.41) is 12.3. The van der Waals surface area contributed by atoms with Crippen LogP contribution in [0.2, 0.25) is 0 Å². The minimum Gasteiger partial charge on any atom is -0.490 e. The molecular formula is C27H36N4O3S.